The van der Waals surface area contributed by atoms with Gasteiger partial charge in [-0.1, -0.05) is 6.07 Å². The molecule has 0 aliphatic heterocycles. The van der Waals surface area contributed by atoms with E-state index < -0.39 is 16.2 Å². The van der Waals surface area contributed by atoms with Crippen LogP contribution in [0.3, 0.4) is 0 Å². The van der Waals surface area contributed by atoms with Crippen molar-refractivity contribution in [2.75, 3.05) is 7.11 Å². The summed E-state index contributed by atoms with van der Waals surface area (Å²) in [4.78, 5) is 41.0. The Kier molecular flexibility index (Phi) is 4.00. The summed E-state index contributed by atoms with van der Waals surface area (Å²) in [6, 6.07) is 10.8. The van der Waals surface area contributed by atoms with Gasteiger partial charge < -0.3 is 14.7 Å². The smallest absolute Gasteiger partial charge is 0.350 e. The quantitative estimate of drug-likeness (QED) is 0.317. The monoisotopic (exact) mass is 379 g/mol. The van der Waals surface area contributed by atoms with E-state index in [-0.39, 0.29) is 11.2 Å². The minimum Gasteiger partial charge on any atom is -0.496 e. The van der Waals surface area contributed by atoms with Gasteiger partial charge in [0.15, 0.2) is 0 Å². The van der Waals surface area contributed by atoms with Gasteiger partial charge in [-0.05, 0) is 29.8 Å². The number of fused-ring (bicyclic) bond motifs is 3. The minimum absolute atomic E-state index is 0.0689. The first kappa shape index (κ1) is 17.2. The van der Waals surface area contributed by atoms with E-state index in [2.05, 4.69) is 15.1 Å². The molecule has 0 amide bonds. The average Bonchev–Trinajstić information content (AvgIpc) is 3.07. The molecule has 4 aromatic rings. The number of benzene rings is 2. The molecule has 0 fully saturated rings. The highest BCUT2D eigenvalue weighted by Crippen LogP contribution is 2.29. The van der Waals surface area contributed by atoms with Crippen molar-refractivity contribution >= 4 is 33.8 Å². The van der Waals surface area contributed by atoms with Gasteiger partial charge in [0.1, 0.15) is 11.3 Å². The van der Waals surface area contributed by atoms with Crippen LogP contribution in [0.5, 0.6) is 5.75 Å². The van der Waals surface area contributed by atoms with Crippen molar-refractivity contribution in [3.63, 3.8) is 0 Å². The number of rotatable bonds is 4. The van der Waals surface area contributed by atoms with Crippen molar-refractivity contribution in [2.24, 2.45) is 5.10 Å². The van der Waals surface area contributed by atoms with Gasteiger partial charge in [-0.2, -0.15) is 5.10 Å². The second kappa shape index (κ2) is 6.50. The van der Waals surface area contributed by atoms with Gasteiger partial charge in [0.05, 0.1) is 34.7 Å². The number of aromatic nitrogens is 3. The number of non-ortho nitro benzene ring substituents is 1. The molecule has 2 N–H and O–H groups in total. The van der Waals surface area contributed by atoms with Gasteiger partial charge in [-0.25, -0.2) is 4.79 Å². The molecule has 0 saturated heterocycles. The van der Waals surface area contributed by atoms with E-state index in [0.29, 0.717) is 32.4 Å². The largest absolute Gasteiger partial charge is 0.496 e. The third-order valence-electron chi connectivity index (χ3n) is 4.26. The van der Waals surface area contributed by atoms with Gasteiger partial charge in [-0.15, -0.1) is 4.68 Å². The maximum atomic E-state index is 12.8. The fraction of sp³-hybridized carbons (Fsp3) is 0.0556. The van der Waals surface area contributed by atoms with Crippen LogP contribution in [0.25, 0.3) is 21.9 Å². The Hall–Kier alpha value is -4.21. The lowest BCUT2D eigenvalue weighted by atomic mass is 10.2. The molecule has 2 heterocycles. The van der Waals surface area contributed by atoms with Gasteiger partial charge >= 0.3 is 11.2 Å². The molecule has 0 spiro atoms. The van der Waals surface area contributed by atoms with E-state index in [1.54, 1.807) is 18.2 Å². The number of hydrogen-bond donors (Lipinski definition) is 2. The second-order valence-electron chi connectivity index (χ2n) is 5.90. The molecule has 10 heteroatoms. The van der Waals surface area contributed by atoms with Crippen LogP contribution in [0.4, 0.5) is 5.69 Å². The summed E-state index contributed by atoms with van der Waals surface area (Å²) >= 11 is 0. The molecule has 0 aliphatic rings. The van der Waals surface area contributed by atoms with Crippen LogP contribution in [0.15, 0.2) is 57.2 Å². The highest BCUT2D eigenvalue weighted by atomic mass is 16.6. The number of H-pyrrole nitrogens is 2. The normalized spacial score (nSPS) is 11.5. The Morgan fingerprint density at radius 1 is 1.11 bits per heavy atom. The molecule has 28 heavy (non-hydrogen) atoms. The number of methoxy groups -OCH3 is 1. The Morgan fingerprint density at radius 2 is 1.86 bits per heavy atom. The van der Waals surface area contributed by atoms with Crippen LogP contribution < -0.4 is 16.0 Å². The second-order valence-corrected chi connectivity index (χ2v) is 5.90. The lowest BCUT2D eigenvalue weighted by molar-refractivity contribution is -0.384. The zero-order valence-electron chi connectivity index (χ0n) is 14.5. The molecule has 0 aliphatic carbocycles. The van der Waals surface area contributed by atoms with Gasteiger partial charge in [0, 0.05) is 12.1 Å². The Morgan fingerprint density at radius 3 is 2.54 bits per heavy atom. The van der Waals surface area contributed by atoms with Crippen molar-refractivity contribution < 1.29 is 9.66 Å². The molecule has 0 atom stereocenters. The van der Waals surface area contributed by atoms with Crippen LogP contribution in [0, 0.1) is 10.1 Å². The molecule has 0 bridgehead atoms. The predicted molar refractivity (Wildman–Crippen MR) is 103 cm³/mol. The number of ether oxygens (including phenoxy) is 1. The Bertz CT molecular complexity index is 1360. The Balaban J connectivity index is 1.84. The molecule has 4 rings (SSSR count). The molecular weight excluding hydrogens is 366 g/mol. The molecule has 140 valence electrons. The summed E-state index contributed by atoms with van der Waals surface area (Å²) in [5, 5.41) is 15.2. The van der Waals surface area contributed by atoms with Gasteiger partial charge in [0.25, 0.3) is 5.69 Å². The van der Waals surface area contributed by atoms with E-state index in [4.69, 9.17) is 4.74 Å². The van der Waals surface area contributed by atoms with Crippen LogP contribution in [0.2, 0.25) is 0 Å². The molecule has 0 radical (unpaired) electrons. The topological polar surface area (TPSA) is 135 Å². The first-order valence-electron chi connectivity index (χ1n) is 8.12. The number of nitro benzene ring substituents is 1. The summed E-state index contributed by atoms with van der Waals surface area (Å²) in [5.74, 6) is 0.519. The van der Waals surface area contributed by atoms with Crippen molar-refractivity contribution in [2.45, 2.75) is 0 Å². The van der Waals surface area contributed by atoms with Crippen LogP contribution in [0.1, 0.15) is 5.56 Å². The fourth-order valence-corrected chi connectivity index (χ4v) is 2.94. The van der Waals surface area contributed by atoms with Gasteiger partial charge in [0.2, 0.25) is 0 Å². The molecule has 0 saturated carbocycles. The average molecular weight is 379 g/mol. The lowest BCUT2D eigenvalue weighted by Gasteiger charge is -2.01. The highest BCUT2D eigenvalue weighted by Gasteiger charge is 2.15. The standard InChI is InChI=1S/C18H13N5O5/c1-28-13-4-2-3-12-14(13)15-16(20-12)17(24)22(18(25)21-15)19-9-10-5-7-11(8-6-10)23(26)27/h2-9,20H,1H3,(H,21,25)/b19-9+. The third kappa shape index (κ3) is 2.72. The summed E-state index contributed by atoms with van der Waals surface area (Å²) in [5.41, 5.74) is 0.233. The SMILES string of the molecule is COc1cccc2[nH]c3c(=O)n(/N=C/c4ccc([N+](=O)[O-])cc4)c(=O)[nH]c3c12. The number of hydrogen-bond acceptors (Lipinski definition) is 6. The first-order valence-corrected chi connectivity index (χ1v) is 8.12. The number of nitrogens with one attached hydrogen (secondary N) is 2. The number of nitrogens with zero attached hydrogens (tertiary/aromatic N) is 3. The summed E-state index contributed by atoms with van der Waals surface area (Å²) in [7, 11) is 1.50. The van der Waals surface area contributed by atoms with E-state index in [9.17, 15) is 19.7 Å². The Labute approximate surface area is 155 Å². The van der Waals surface area contributed by atoms with Crippen molar-refractivity contribution in [3.05, 3.63) is 79.0 Å². The fourth-order valence-electron chi connectivity index (χ4n) is 2.94. The molecule has 10 nitrogen and oxygen atoms in total. The predicted octanol–water partition coefficient (Wildman–Crippen LogP) is 1.97. The molecule has 2 aromatic carbocycles. The molecule has 0 unspecified atom stereocenters. The zero-order chi connectivity index (χ0) is 19.8. The molecular formula is C18H13N5O5. The van der Waals surface area contributed by atoms with Crippen molar-refractivity contribution in [3.8, 4) is 5.75 Å². The van der Waals surface area contributed by atoms with Crippen LogP contribution in [-0.2, 0) is 0 Å². The summed E-state index contributed by atoms with van der Waals surface area (Å²) in [6.45, 7) is 0. The summed E-state index contributed by atoms with van der Waals surface area (Å²) in [6.07, 6.45) is 1.27. The van der Waals surface area contributed by atoms with Crippen LogP contribution >= 0.6 is 0 Å². The van der Waals surface area contributed by atoms with E-state index in [1.807, 2.05) is 0 Å². The highest BCUT2D eigenvalue weighted by molar-refractivity contribution is 6.07. The summed E-state index contributed by atoms with van der Waals surface area (Å²) < 4.78 is 5.99. The molecule has 2 aromatic heterocycles. The van der Waals surface area contributed by atoms with E-state index >= 15 is 0 Å². The van der Waals surface area contributed by atoms with Crippen molar-refractivity contribution in [1.29, 1.82) is 0 Å². The number of nitro groups is 1. The zero-order valence-corrected chi connectivity index (χ0v) is 14.5. The van der Waals surface area contributed by atoms with E-state index in [1.165, 1.54) is 37.6 Å². The maximum absolute atomic E-state index is 12.8. The van der Waals surface area contributed by atoms with Gasteiger partial charge in [-0.3, -0.25) is 14.9 Å². The maximum Gasteiger partial charge on any atom is 0.350 e. The van der Waals surface area contributed by atoms with Crippen molar-refractivity contribution in [1.82, 2.24) is 14.6 Å². The van der Waals surface area contributed by atoms with E-state index in [0.717, 1.165) is 0 Å². The van der Waals surface area contributed by atoms with Crippen LogP contribution in [-0.4, -0.2) is 32.9 Å². The number of aromatic amines is 2. The lowest BCUT2D eigenvalue weighted by Crippen LogP contribution is -2.32. The third-order valence-corrected chi connectivity index (χ3v) is 4.26. The minimum atomic E-state index is -0.720. The first-order chi connectivity index (χ1) is 13.5.